The van der Waals surface area contributed by atoms with E-state index in [1.165, 1.54) is 10.1 Å². The molecule has 4 aliphatic heterocycles. The highest BCUT2D eigenvalue weighted by molar-refractivity contribution is 9.10. The number of piperazine rings is 1. The zero-order valence-corrected chi connectivity index (χ0v) is 42.6. The Balaban J connectivity index is 0.745. The lowest BCUT2D eigenvalue weighted by Gasteiger charge is -2.46. The number of imide groups is 1. The number of carbonyl (C=O) groups excluding carboxylic acids is 3. The Bertz CT molecular complexity index is 3150. The molecule has 0 spiro atoms. The van der Waals surface area contributed by atoms with E-state index in [1.54, 1.807) is 44.4 Å². The van der Waals surface area contributed by atoms with Crippen molar-refractivity contribution in [2.75, 3.05) is 93.2 Å². The van der Waals surface area contributed by atoms with Gasteiger partial charge in [0.15, 0.2) is 0 Å². The Morgan fingerprint density at radius 3 is 2.36 bits per heavy atom. The summed E-state index contributed by atoms with van der Waals surface area (Å²) in [6.45, 7) is 11.7. The van der Waals surface area contributed by atoms with Gasteiger partial charge in [0, 0.05) is 101 Å². The third kappa shape index (κ3) is 8.91. The number of para-hydroxylation sites is 2. The smallest absolute Gasteiger partial charge is 0.329 e. The van der Waals surface area contributed by atoms with Crippen LogP contribution in [0.1, 0.15) is 44.2 Å². The normalized spacial score (nSPS) is 18.6. The fourth-order valence-electron chi connectivity index (χ4n) is 10.8. The number of imidazole rings is 1. The van der Waals surface area contributed by atoms with Gasteiger partial charge in [-0.15, -0.1) is 0 Å². The maximum Gasteiger partial charge on any atom is 0.329 e. The number of amides is 3. The Morgan fingerprint density at radius 2 is 1.64 bits per heavy atom. The summed E-state index contributed by atoms with van der Waals surface area (Å²) in [5.74, 6) is 0.802. The van der Waals surface area contributed by atoms with E-state index in [0.717, 1.165) is 78.9 Å². The van der Waals surface area contributed by atoms with Crippen molar-refractivity contribution in [3.05, 3.63) is 87.5 Å². The van der Waals surface area contributed by atoms with Gasteiger partial charge in [-0.05, 0) is 84.8 Å². The van der Waals surface area contributed by atoms with E-state index in [9.17, 15) is 23.7 Å². The summed E-state index contributed by atoms with van der Waals surface area (Å²) in [6, 6.07) is 17.3. The van der Waals surface area contributed by atoms with Crippen LogP contribution in [0.4, 0.5) is 34.5 Å². The van der Waals surface area contributed by atoms with Crippen LogP contribution in [0, 0.1) is 5.92 Å². The zero-order valence-electron chi connectivity index (χ0n) is 40.1. The Labute approximate surface area is 414 Å². The van der Waals surface area contributed by atoms with Gasteiger partial charge in [-0.25, -0.2) is 9.78 Å². The average molecular weight is 1030 g/mol. The fraction of sp³-hybridized carbons (Fsp3) is 0.420. The standard InChI is InChI=1S/C50H58BrN12O6P/c1-6-30-24-36(55-49-53-26-34(51)46(57-49)54-37-27-52-35-11-8-7-10-33(35)45(37)70(4,5)68)42(69-3)25-41(30)60-18-16-32(17-19-60)59-20-22-61(23-21-59)48(66)31-28-62(29-31)38-12-9-13-39-44(38)58(2)50(67)63(39)40-14-15-43(64)56-47(40)65/h7-13,24-27,31-32,40H,6,14-23,28-29H2,1-5H3,(H,56,64,65)(H2,53,54,55,57). The van der Waals surface area contributed by atoms with E-state index < -0.39 is 19.1 Å². The monoisotopic (exact) mass is 1030 g/mol. The highest BCUT2D eigenvalue weighted by atomic mass is 79.9. The molecule has 7 heterocycles. The molecule has 3 amide bonds. The highest BCUT2D eigenvalue weighted by Gasteiger charge is 2.39. The van der Waals surface area contributed by atoms with Crippen LogP contribution in [-0.2, 0) is 32.4 Å². The van der Waals surface area contributed by atoms with Crippen LogP contribution >= 0.6 is 23.1 Å². The molecule has 3 aromatic heterocycles. The topological polar surface area (TPSA) is 192 Å². The van der Waals surface area contributed by atoms with E-state index in [-0.39, 0.29) is 36.3 Å². The fourth-order valence-corrected chi connectivity index (χ4v) is 12.5. The van der Waals surface area contributed by atoms with Crippen LogP contribution in [0.5, 0.6) is 5.75 Å². The maximum atomic E-state index is 13.8. The van der Waals surface area contributed by atoms with E-state index in [2.05, 4.69) is 75.6 Å². The second-order valence-electron chi connectivity index (χ2n) is 19.1. The van der Waals surface area contributed by atoms with Crippen molar-refractivity contribution in [2.45, 2.75) is 51.1 Å². The minimum absolute atomic E-state index is 0.131. The molecule has 0 bridgehead atoms. The van der Waals surface area contributed by atoms with Crippen LogP contribution in [-0.4, -0.2) is 130 Å². The number of aromatic nitrogens is 5. The van der Waals surface area contributed by atoms with Gasteiger partial charge in [0.2, 0.25) is 23.7 Å². The van der Waals surface area contributed by atoms with Gasteiger partial charge in [0.1, 0.15) is 24.8 Å². The summed E-state index contributed by atoms with van der Waals surface area (Å²) in [6.07, 6.45) is 6.68. The molecule has 1 atom stereocenters. The quantitative estimate of drug-likeness (QED) is 0.0959. The van der Waals surface area contributed by atoms with Crippen molar-refractivity contribution in [2.24, 2.45) is 13.0 Å². The number of anilines is 6. The Kier molecular flexibility index (Phi) is 12.9. The lowest BCUT2D eigenvalue weighted by atomic mass is 9.96. The molecule has 4 aliphatic rings. The van der Waals surface area contributed by atoms with Crippen LogP contribution in [0.15, 0.2) is 76.3 Å². The number of hydrogen-bond acceptors (Lipinski definition) is 14. The maximum absolute atomic E-state index is 13.8. The van der Waals surface area contributed by atoms with Crippen molar-refractivity contribution in [3.8, 4) is 5.75 Å². The molecule has 4 fully saturated rings. The van der Waals surface area contributed by atoms with Crippen molar-refractivity contribution in [1.29, 1.82) is 0 Å². The van der Waals surface area contributed by atoms with E-state index in [0.29, 0.717) is 70.7 Å². The predicted molar refractivity (Wildman–Crippen MR) is 277 cm³/mol. The van der Waals surface area contributed by atoms with Crippen LogP contribution in [0.3, 0.4) is 0 Å². The SMILES string of the molecule is CCc1cc(Nc2ncc(Br)c(Nc3cnc4ccccc4c3P(C)(C)=O)n2)c(OC)cc1N1CCC(N2CCN(C(=O)C3CN(c4cccc5c4n(C)c(=O)n5C4CCC(=O)NC4=O)C3)CC2)CC1. The first kappa shape index (κ1) is 47.4. The molecule has 366 valence electrons. The van der Waals surface area contributed by atoms with E-state index in [4.69, 9.17) is 9.72 Å². The van der Waals surface area contributed by atoms with Gasteiger partial charge in [-0.1, -0.05) is 31.2 Å². The van der Waals surface area contributed by atoms with Crippen LogP contribution in [0.25, 0.3) is 21.9 Å². The summed E-state index contributed by atoms with van der Waals surface area (Å²) in [4.78, 5) is 75.0. The molecule has 10 rings (SSSR count). The van der Waals surface area contributed by atoms with Crippen molar-refractivity contribution in [1.82, 2.24) is 39.2 Å². The second-order valence-corrected chi connectivity index (χ2v) is 23.1. The number of fused-ring (bicyclic) bond motifs is 2. The number of methoxy groups -OCH3 is 1. The number of hydrogen-bond donors (Lipinski definition) is 3. The van der Waals surface area contributed by atoms with Gasteiger partial charge in [-0.3, -0.25) is 38.7 Å². The number of nitrogens with one attached hydrogen (secondary N) is 3. The van der Waals surface area contributed by atoms with E-state index >= 15 is 0 Å². The second kappa shape index (κ2) is 19.1. The predicted octanol–water partition coefficient (Wildman–Crippen LogP) is 5.97. The summed E-state index contributed by atoms with van der Waals surface area (Å²) >= 11 is 3.60. The van der Waals surface area contributed by atoms with Gasteiger partial charge in [-0.2, -0.15) is 4.98 Å². The number of benzene rings is 3. The van der Waals surface area contributed by atoms with Crippen molar-refractivity contribution in [3.63, 3.8) is 0 Å². The van der Waals surface area contributed by atoms with Crippen LogP contribution in [0.2, 0.25) is 0 Å². The number of aryl methyl sites for hydroxylation is 2. The number of carbonyl (C=O) groups is 3. The summed E-state index contributed by atoms with van der Waals surface area (Å²) in [5.41, 5.74) is 6.39. The number of pyridine rings is 1. The molecular formula is C50H58BrN12O6P. The van der Waals surface area contributed by atoms with Crippen molar-refractivity contribution < 1.29 is 23.7 Å². The summed E-state index contributed by atoms with van der Waals surface area (Å²) < 4.78 is 23.3. The minimum Gasteiger partial charge on any atom is -0.494 e. The summed E-state index contributed by atoms with van der Waals surface area (Å²) in [5, 5.41) is 10.7. The molecule has 3 aromatic carbocycles. The Hall–Kier alpha value is -6.30. The average Bonchev–Trinajstić information content (AvgIpc) is 3.60. The first-order chi connectivity index (χ1) is 33.7. The summed E-state index contributed by atoms with van der Waals surface area (Å²) in [7, 11) is 0.643. The Morgan fingerprint density at radius 1 is 0.886 bits per heavy atom. The van der Waals surface area contributed by atoms with Crippen molar-refractivity contribution >= 4 is 103 Å². The number of ether oxygens (including phenoxy) is 1. The van der Waals surface area contributed by atoms with Gasteiger partial charge in [0.05, 0.1) is 57.3 Å². The molecule has 70 heavy (non-hydrogen) atoms. The third-order valence-corrected chi connectivity index (χ3v) is 16.6. The third-order valence-electron chi connectivity index (χ3n) is 14.4. The molecule has 3 N–H and O–H groups in total. The number of nitrogens with zero attached hydrogens (tertiary/aromatic N) is 9. The van der Waals surface area contributed by atoms with Gasteiger partial charge in [0.25, 0.3) is 0 Å². The lowest BCUT2D eigenvalue weighted by molar-refractivity contribution is -0.138. The molecule has 6 aromatic rings. The van der Waals surface area contributed by atoms with Gasteiger partial charge >= 0.3 is 5.69 Å². The molecule has 18 nitrogen and oxygen atoms in total. The first-order valence-electron chi connectivity index (χ1n) is 24.0. The molecule has 1 unspecified atom stereocenters. The lowest BCUT2D eigenvalue weighted by Crippen LogP contribution is -2.59. The zero-order chi connectivity index (χ0) is 49.0. The van der Waals surface area contributed by atoms with E-state index in [1.807, 2.05) is 47.4 Å². The van der Waals surface area contributed by atoms with Crippen LogP contribution < -0.4 is 41.5 Å². The largest absolute Gasteiger partial charge is 0.494 e. The molecule has 0 radical (unpaired) electrons. The minimum atomic E-state index is -2.73. The molecule has 4 saturated heterocycles. The number of rotatable bonds is 12. The first-order valence-corrected chi connectivity index (χ1v) is 27.4. The molecule has 0 saturated carbocycles. The molecule has 20 heteroatoms. The molecular weight excluding hydrogens is 976 g/mol. The number of piperidine rings is 2. The highest BCUT2D eigenvalue weighted by Crippen LogP contribution is 2.42. The van der Waals surface area contributed by atoms with Gasteiger partial charge < -0.3 is 34.6 Å². The molecule has 0 aliphatic carbocycles. The number of halogens is 1.